The van der Waals surface area contributed by atoms with E-state index in [2.05, 4.69) is 20.7 Å². The minimum absolute atomic E-state index is 0.338. The summed E-state index contributed by atoms with van der Waals surface area (Å²) in [6, 6.07) is 3.66. The summed E-state index contributed by atoms with van der Waals surface area (Å²) >= 11 is 3.09. The number of nitro benzene ring substituents is 1. The Balaban J connectivity index is 3.35. The van der Waals surface area contributed by atoms with Crippen molar-refractivity contribution in [2.45, 2.75) is 30.7 Å². The second-order valence-corrected chi connectivity index (χ2v) is 7.11. The number of hydrogen-bond acceptors (Lipinski definition) is 5. The van der Waals surface area contributed by atoms with Crippen molar-refractivity contribution in [2.75, 3.05) is 6.61 Å². The largest absolute Gasteiger partial charge is 0.394 e. The summed E-state index contributed by atoms with van der Waals surface area (Å²) in [5.41, 5.74) is -1.59. The molecule has 0 aliphatic heterocycles. The molecule has 112 valence electrons. The average Bonchev–Trinajstić information content (AvgIpc) is 2.37. The number of halogens is 1. The molecule has 20 heavy (non-hydrogen) atoms. The second kappa shape index (κ2) is 6.17. The van der Waals surface area contributed by atoms with Crippen LogP contribution in [0.1, 0.15) is 20.3 Å². The summed E-state index contributed by atoms with van der Waals surface area (Å²) in [5.74, 6) is 0. The minimum atomic E-state index is -4.12. The quantitative estimate of drug-likeness (QED) is 0.589. The van der Waals surface area contributed by atoms with E-state index in [1.807, 2.05) is 0 Å². The maximum atomic E-state index is 12.3. The average molecular weight is 367 g/mol. The van der Waals surface area contributed by atoms with Crippen molar-refractivity contribution in [3.05, 3.63) is 32.8 Å². The molecular weight excluding hydrogens is 352 g/mol. The van der Waals surface area contributed by atoms with Crippen LogP contribution in [0, 0.1) is 10.1 Å². The van der Waals surface area contributed by atoms with E-state index in [0.717, 1.165) is 12.1 Å². The molecule has 0 spiro atoms. The summed E-state index contributed by atoms with van der Waals surface area (Å²) in [4.78, 5) is 9.73. The molecule has 1 unspecified atom stereocenters. The van der Waals surface area contributed by atoms with Crippen molar-refractivity contribution < 1.29 is 18.4 Å². The summed E-state index contributed by atoms with van der Waals surface area (Å²) in [7, 11) is -4.12. The molecule has 0 saturated heterocycles. The van der Waals surface area contributed by atoms with E-state index in [1.54, 1.807) is 6.92 Å². The number of hydrogen-bond donors (Lipinski definition) is 2. The summed E-state index contributed by atoms with van der Waals surface area (Å²) < 4.78 is 27.3. The molecule has 1 rings (SSSR count). The number of nitrogens with zero attached hydrogens (tertiary/aromatic N) is 1. The van der Waals surface area contributed by atoms with E-state index < -0.39 is 37.7 Å². The molecule has 2 N–H and O–H groups in total. The molecule has 1 aromatic rings. The van der Waals surface area contributed by atoms with Crippen LogP contribution in [0.2, 0.25) is 0 Å². The lowest BCUT2D eigenvalue weighted by molar-refractivity contribution is -0.387. The Bertz CT molecular complexity index is 613. The van der Waals surface area contributed by atoms with Crippen LogP contribution in [-0.2, 0) is 10.0 Å². The summed E-state index contributed by atoms with van der Waals surface area (Å²) in [6.07, 6.45) is 0.338. The summed E-state index contributed by atoms with van der Waals surface area (Å²) in [6.45, 7) is 2.81. The van der Waals surface area contributed by atoms with Gasteiger partial charge in [-0.1, -0.05) is 22.9 Å². The standard InChI is InChI=1S/C11H15BrN2O5S/c1-3-11(2,7-15)13-20(18,19)10-6-8(12)4-5-9(10)14(16)17/h4-6,13,15H,3,7H2,1-2H3. The third-order valence-corrected chi connectivity index (χ3v) is 5.08. The fourth-order valence-corrected chi connectivity index (χ4v) is 3.63. The van der Waals surface area contributed by atoms with Crippen LogP contribution >= 0.6 is 15.9 Å². The van der Waals surface area contributed by atoms with Gasteiger partial charge in [-0.2, -0.15) is 0 Å². The van der Waals surface area contributed by atoms with Crippen LogP contribution in [0.5, 0.6) is 0 Å². The first-order chi connectivity index (χ1) is 9.15. The van der Waals surface area contributed by atoms with Gasteiger partial charge in [0.25, 0.3) is 5.69 Å². The van der Waals surface area contributed by atoms with E-state index >= 15 is 0 Å². The van der Waals surface area contributed by atoms with Gasteiger partial charge in [0.15, 0.2) is 4.90 Å². The number of benzene rings is 1. The molecule has 0 amide bonds. The molecule has 1 atom stereocenters. The highest BCUT2D eigenvalue weighted by molar-refractivity contribution is 9.10. The van der Waals surface area contributed by atoms with Gasteiger partial charge >= 0.3 is 0 Å². The molecule has 7 nitrogen and oxygen atoms in total. The van der Waals surface area contributed by atoms with Crippen molar-refractivity contribution >= 4 is 31.6 Å². The minimum Gasteiger partial charge on any atom is -0.394 e. The summed E-state index contributed by atoms with van der Waals surface area (Å²) in [5, 5.41) is 20.2. The Morgan fingerprint density at radius 1 is 1.50 bits per heavy atom. The van der Waals surface area contributed by atoms with E-state index in [-0.39, 0.29) is 0 Å². The normalized spacial score (nSPS) is 14.8. The lowest BCUT2D eigenvalue weighted by atomic mass is 10.0. The number of nitro groups is 1. The predicted molar refractivity (Wildman–Crippen MR) is 76.9 cm³/mol. The van der Waals surface area contributed by atoms with Gasteiger partial charge in [-0.05, 0) is 25.5 Å². The van der Waals surface area contributed by atoms with Gasteiger partial charge in [0.1, 0.15) is 0 Å². The third kappa shape index (κ3) is 3.75. The highest BCUT2D eigenvalue weighted by atomic mass is 79.9. The van der Waals surface area contributed by atoms with Gasteiger partial charge in [0.2, 0.25) is 10.0 Å². The SMILES string of the molecule is CCC(C)(CO)NS(=O)(=O)c1cc(Br)ccc1[N+](=O)[O-]. The molecular formula is C11H15BrN2O5S. The Hall–Kier alpha value is -1.03. The second-order valence-electron chi connectivity index (χ2n) is 4.55. The molecule has 0 aromatic heterocycles. The molecule has 1 aromatic carbocycles. The molecule has 0 fully saturated rings. The van der Waals surface area contributed by atoms with Crippen LogP contribution in [-0.4, -0.2) is 30.6 Å². The van der Waals surface area contributed by atoms with Gasteiger partial charge < -0.3 is 5.11 Å². The van der Waals surface area contributed by atoms with Crippen LogP contribution < -0.4 is 4.72 Å². The Kier molecular flexibility index (Phi) is 5.25. The number of aliphatic hydroxyl groups is 1. The molecule has 0 saturated carbocycles. The van der Waals surface area contributed by atoms with E-state index in [1.165, 1.54) is 13.0 Å². The molecule has 0 aliphatic carbocycles. The molecule has 0 aliphatic rings. The number of nitrogens with one attached hydrogen (secondary N) is 1. The number of aliphatic hydroxyl groups excluding tert-OH is 1. The first kappa shape index (κ1) is 17.0. The Morgan fingerprint density at radius 2 is 2.10 bits per heavy atom. The van der Waals surface area contributed by atoms with E-state index in [9.17, 15) is 23.6 Å². The van der Waals surface area contributed by atoms with Crippen molar-refractivity contribution in [3.63, 3.8) is 0 Å². The van der Waals surface area contributed by atoms with Gasteiger partial charge in [-0.3, -0.25) is 10.1 Å². The smallest absolute Gasteiger partial charge is 0.289 e. The van der Waals surface area contributed by atoms with E-state index in [0.29, 0.717) is 10.9 Å². The maximum Gasteiger partial charge on any atom is 0.289 e. The zero-order valence-corrected chi connectivity index (χ0v) is 13.4. The first-order valence-electron chi connectivity index (χ1n) is 5.74. The van der Waals surface area contributed by atoms with Crippen molar-refractivity contribution in [1.82, 2.24) is 4.72 Å². The van der Waals surface area contributed by atoms with Crippen molar-refractivity contribution in [1.29, 1.82) is 0 Å². The fraction of sp³-hybridized carbons (Fsp3) is 0.455. The molecule has 0 bridgehead atoms. The zero-order valence-electron chi connectivity index (χ0n) is 11.0. The van der Waals surface area contributed by atoms with Crippen LogP contribution in [0.15, 0.2) is 27.6 Å². The fourth-order valence-electron chi connectivity index (χ4n) is 1.45. The lowest BCUT2D eigenvalue weighted by Gasteiger charge is -2.26. The van der Waals surface area contributed by atoms with Crippen LogP contribution in [0.25, 0.3) is 0 Å². The van der Waals surface area contributed by atoms with Crippen LogP contribution in [0.4, 0.5) is 5.69 Å². The molecule has 0 radical (unpaired) electrons. The van der Waals surface area contributed by atoms with Gasteiger partial charge in [-0.15, -0.1) is 0 Å². The predicted octanol–water partition coefficient (Wildman–Crippen LogP) is 1.80. The van der Waals surface area contributed by atoms with Crippen molar-refractivity contribution in [2.24, 2.45) is 0 Å². The highest BCUT2D eigenvalue weighted by Crippen LogP contribution is 2.28. The van der Waals surface area contributed by atoms with Gasteiger partial charge in [-0.25, -0.2) is 13.1 Å². The van der Waals surface area contributed by atoms with Gasteiger partial charge in [0, 0.05) is 10.5 Å². The molecule has 9 heteroatoms. The van der Waals surface area contributed by atoms with Gasteiger partial charge in [0.05, 0.1) is 17.1 Å². The monoisotopic (exact) mass is 366 g/mol. The number of rotatable bonds is 6. The Labute approximate surface area is 125 Å². The topological polar surface area (TPSA) is 110 Å². The van der Waals surface area contributed by atoms with E-state index in [4.69, 9.17) is 0 Å². The first-order valence-corrected chi connectivity index (χ1v) is 8.01. The number of sulfonamides is 1. The van der Waals surface area contributed by atoms with Crippen LogP contribution in [0.3, 0.4) is 0 Å². The Morgan fingerprint density at radius 3 is 2.55 bits per heavy atom. The highest BCUT2D eigenvalue weighted by Gasteiger charge is 2.33. The zero-order chi connectivity index (χ0) is 15.6. The molecule has 0 heterocycles. The van der Waals surface area contributed by atoms with Crippen molar-refractivity contribution in [3.8, 4) is 0 Å². The maximum absolute atomic E-state index is 12.3. The lowest BCUT2D eigenvalue weighted by Crippen LogP contribution is -2.48. The third-order valence-electron chi connectivity index (χ3n) is 2.92.